The summed E-state index contributed by atoms with van der Waals surface area (Å²) in [5.41, 5.74) is 3.62. The number of halogens is 4. The summed E-state index contributed by atoms with van der Waals surface area (Å²) >= 11 is 11.5. The topological polar surface area (TPSA) is 0 Å². The van der Waals surface area contributed by atoms with Crippen LogP contribution in [0.5, 0.6) is 0 Å². The highest BCUT2D eigenvalue weighted by Crippen LogP contribution is 2.53. The van der Waals surface area contributed by atoms with Gasteiger partial charge in [-0.3, -0.25) is 0 Å². The zero-order valence-electron chi connectivity index (χ0n) is 15.8. The Morgan fingerprint density at radius 3 is 0.750 bits per heavy atom. The molecule has 0 aliphatic carbocycles. The van der Waals surface area contributed by atoms with Crippen LogP contribution in [0, 0.1) is 0 Å². The molecule has 1 aliphatic heterocycles. The van der Waals surface area contributed by atoms with Gasteiger partial charge in [-0.25, -0.2) is 0 Å². The molecule has 0 aromatic rings. The highest BCUT2D eigenvalue weighted by Gasteiger charge is 2.51. The highest BCUT2D eigenvalue weighted by atomic mass is 127. The quantitative estimate of drug-likeness (QED) is 0.172. The van der Waals surface area contributed by atoms with E-state index >= 15 is 0 Å². The van der Waals surface area contributed by atoms with Gasteiger partial charge in [0.25, 0.3) is 0 Å². The molecule has 0 aromatic heterocycles. The fourth-order valence-corrected chi connectivity index (χ4v) is 14.2. The molecule has 24 heavy (non-hydrogen) atoms. The van der Waals surface area contributed by atoms with Gasteiger partial charge in [0.15, 0.2) is 0 Å². The largest absolute Gasteiger partial charge is 0.211 e. The fraction of sp³-hybridized carbons (Fsp3) is 1.00. The molecule has 0 aromatic carbocycles. The molecule has 0 spiro atoms. The second kappa shape index (κ2) is 13.4. The molecule has 1 fully saturated rings. The van der Waals surface area contributed by atoms with E-state index in [-0.39, 0.29) is 0 Å². The minimum absolute atomic E-state index is 0.855. The van der Waals surface area contributed by atoms with Gasteiger partial charge in [-0.1, -0.05) is 102 Å². The SMILES string of the molecule is CCCC1B(I)C(CCC)B(I)C(CCC)B(I)C(CCC)B1I. The van der Waals surface area contributed by atoms with Gasteiger partial charge in [0, 0.05) is 0 Å². The molecule has 1 rings (SSSR count). The molecule has 0 bridgehead atoms. The predicted molar refractivity (Wildman–Crippen MR) is 154 cm³/mol. The molecule has 136 valence electrons. The fourth-order valence-electron chi connectivity index (χ4n) is 4.58. The van der Waals surface area contributed by atoms with Crippen LogP contribution in [-0.2, 0) is 0 Å². The summed E-state index contributed by atoms with van der Waals surface area (Å²) in [7, 11) is 0. The first-order valence-corrected chi connectivity index (χ1v) is 15.0. The van der Waals surface area contributed by atoms with Crippen LogP contribution in [0.1, 0.15) is 79.1 Å². The van der Waals surface area contributed by atoms with Crippen molar-refractivity contribution in [1.29, 1.82) is 0 Å². The molecule has 1 saturated heterocycles. The maximum atomic E-state index is 2.87. The molecular weight excluding hydrogens is 743 g/mol. The first-order chi connectivity index (χ1) is 11.4. The Labute approximate surface area is 206 Å². The van der Waals surface area contributed by atoms with Crippen molar-refractivity contribution in [3.63, 3.8) is 0 Å². The van der Waals surface area contributed by atoms with Crippen LogP contribution in [0.25, 0.3) is 0 Å². The van der Waals surface area contributed by atoms with Crippen LogP contribution >= 0.6 is 89.5 Å². The van der Waals surface area contributed by atoms with E-state index in [1.54, 1.807) is 0 Å². The first-order valence-electron chi connectivity index (χ1n) is 10.0. The maximum Gasteiger partial charge on any atom is 0.211 e. The summed E-state index contributed by atoms with van der Waals surface area (Å²) < 4.78 is 3.42. The number of rotatable bonds is 8. The minimum Gasteiger partial charge on any atom is -0.151 e. The molecule has 0 atom stereocenters. The second-order valence-corrected chi connectivity index (χ2v) is 13.3. The number of hydrogen-bond donors (Lipinski definition) is 0. The third-order valence-electron chi connectivity index (χ3n) is 5.76. The summed E-state index contributed by atoms with van der Waals surface area (Å²) in [5, 5.41) is 0. The van der Waals surface area contributed by atoms with E-state index in [0.717, 1.165) is 41.1 Å². The Morgan fingerprint density at radius 1 is 0.458 bits per heavy atom. The lowest BCUT2D eigenvalue weighted by atomic mass is 9.17. The van der Waals surface area contributed by atoms with E-state index in [4.69, 9.17) is 0 Å². The molecule has 0 amide bonds. The van der Waals surface area contributed by atoms with Gasteiger partial charge < -0.3 is 0 Å². The van der Waals surface area contributed by atoms with Crippen molar-refractivity contribution < 1.29 is 0 Å². The van der Waals surface area contributed by atoms with Gasteiger partial charge in [-0.05, 0) is 0 Å². The van der Waals surface area contributed by atoms with Gasteiger partial charge in [0.2, 0.25) is 18.3 Å². The monoisotopic (exact) mass is 776 g/mol. The van der Waals surface area contributed by atoms with Crippen LogP contribution in [0.3, 0.4) is 0 Å². The van der Waals surface area contributed by atoms with Gasteiger partial charge >= 0.3 is 0 Å². The molecular formula is C16H32B4I4. The molecule has 1 heterocycles. The smallest absolute Gasteiger partial charge is 0.151 e. The molecule has 0 nitrogen and oxygen atoms in total. The van der Waals surface area contributed by atoms with E-state index in [1.165, 1.54) is 51.4 Å². The van der Waals surface area contributed by atoms with Crippen molar-refractivity contribution in [2.75, 3.05) is 0 Å². The standard InChI is InChI=1S/C16H32B4I4/c1-5-9-13-17(21)14(10-6-2)19(23)16(12-8-4)20(24)15(11-7-3)18(13)22/h13-16H,5-12H2,1-4H3. The lowest BCUT2D eigenvalue weighted by molar-refractivity contribution is 0.759. The summed E-state index contributed by atoms with van der Waals surface area (Å²) in [5.74, 6) is 0. The Hall–Kier alpha value is 3.18. The summed E-state index contributed by atoms with van der Waals surface area (Å²) in [6, 6.07) is 0. The zero-order chi connectivity index (χ0) is 18.3. The second-order valence-electron chi connectivity index (χ2n) is 7.59. The molecule has 8 heteroatoms. The minimum atomic E-state index is 0.855. The Kier molecular flexibility index (Phi) is 14.1. The third-order valence-corrected chi connectivity index (χ3v) is 13.2. The van der Waals surface area contributed by atoms with E-state index in [2.05, 4.69) is 117 Å². The average molecular weight is 775 g/mol. The summed E-state index contributed by atoms with van der Waals surface area (Å²) in [4.78, 5) is 0. The highest BCUT2D eigenvalue weighted by molar-refractivity contribution is 14.1. The normalized spacial score (nSPS) is 29.0. The van der Waals surface area contributed by atoms with Gasteiger partial charge in [0.1, 0.15) is 0 Å². The molecule has 1 aliphatic rings. The average Bonchev–Trinajstić information content (AvgIpc) is 2.57. The van der Waals surface area contributed by atoms with Crippen molar-refractivity contribution in [3.05, 3.63) is 0 Å². The van der Waals surface area contributed by atoms with E-state index in [0.29, 0.717) is 0 Å². The Morgan fingerprint density at radius 2 is 0.625 bits per heavy atom. The maximum absolute atomic E-state index is 2.87. The van der Waals surface area contributed by atoms with Crippen molar-refractivity contribution in [2.45, 2.75) is 102 Å². The summed E-state index contributed by atoms with van der Waals surface area (Å²) in [6.07, 6.45) is 11.1. The van der Waals surface area contributed by atoms with Crippen LogP contribution in [-0.4, -0.2) is 18.3 Å². The first kappa shape index (κ1) is 25.2. The van der Waals surface area contributed by atoms with E-state index in [1.807, 2.05) is 0 Å². The summed E-state index contributed by atoms with van der Waals surface area (Å²) in [6.45, 7) is 9.55. The Bertz CT molecular complexity index is 270. The van der Waals surface area contributed by atoms with Crippen molar-refractivity contribution in [2.24, 2.45) is 0 Å². The van der Waals surface area contributed by atoms with Crippen LogP contribution < -0.4 is 0 Å². The van der Waals surface area contributed by atoms with Crippen LogP contribution in [0.4, 0.5) is 0 Å². The molecule has 0 saturated carbocycles. The van der Waals surface area contributed by atoms with Crippen molar-refractivity contribution in [3.8, 4) is 0 Å². The van der Waals surface area contributed by atoms with Gasteiger partial charge in [-0.15, -0.1) is 0 Å². The molecule has 0 unspecified atom stereocenters. The van der Waals surface area contributed by atoms with E-state index in [9.17, 15) is 0 Å². The van der Waals surface area contributed by atoms with Crippen LogP contribution in [0.15, 0.2) is 0 Å². The zero-order valence-corrected chi connectivity index (χ0v) is 24.4. The van der Waals surface area contributed by atoms with Crippen molar-refractivity contribution >= 4 is 108 Å². The van der Waals surface area contributed by atoms with Gasteiger partial charge in [0.05, 0.1) is 0 Å². The predicted octanol–water partition coefficient (Wildman–Crippen LogP) is 8.54. The van der Waals surface area contributed by atoms with Crippen molar-refractivity contribution in [1.82, 2.24) is 0 Å². The lowest BCUT2D eigenvalue weighted by Gasteiger charge is -2.42. The Balaban J connectivity index is 3.24. The van der Waals surface area contributed by atoms with E-state index < -0.39 is 0 Å². The number of hydrogen-bond acceptors (Lipinski definition) is 0. The van der Waals surface area contributed by atoms with Crippen LogP contribution in [0.2, 0.25) is 22.9 Å². The molecule has 0 radical (unpaired) electrons. The molecule has 0 N–H and O–H groups in total. The lowest BCUT2D eigenvalue weighted by Crippen LogP contribution is -2.47. The van der Waals surface area contributed by atoms with Gasteiger partial charge in [-0.2, -0.15) is 89.5 Å². The third kappa shape index (κ3) is 6.61.